The van der Waals surface area contributed by atoms with Gasteiger partial charge in [0.2, 0.25) is 0 Å². The van der Waals surface area contributed by atoms with Gasteiger partial charge in [0, 0.05) is 31.8 Å². The Bertz CT molecular complexity index is 296. The quantitative estimate of drug-likeness (QED) is 0.570. The highest BCUT2D eigenvalue weighted by Gasteiger charge is 2.34. The molecule has 0 saturated carbocycles. The maximum absolute atomic E-state index is 5.50. The minimum absolute atomic E-state index is 0.137. The number of hydrogen-bond acceptors (Lipinski definition) is 3. The average Bonchev–Trinajstić information content (AvgIpc) is 2.42. The molecule has 0 atom stereocenters. The molecule has 1 fully saturated rings. The molecule has 0 radical (unpaired) electrons. The SMILES string of the molecule is CCNC(=NCC1(N(C)C)CCOCC1)NCC(C)C. The van der Waals surface area contributed by atoms with Crippen LogP contribution in [0.4, 0.5) is 0 Å². The largest absolute Gasteiger partial charge is 0.381 e. The van der Waals surface area contributed by atoms with Crippen LogP contribution in [-0.4, -0.2) is 63.3 Å². The zero-order chi connectivity index (χ0) is 15.0. The standard InChI is InChI=1S/C15H32N4O/c1-6-16-14(17-11-13(2)3)18-12-15(19(4)5)7-9-20-10-8-15/h13H,6-12H2,1-5H3,(H2,16,17,18). The minimum Gasteiger partial charge on any atom is -0.381 e. The molecule has 0 aromatic carbocycles. The summed E-state index contributed by atoms with van der Waals surface area (Å²) >= 11 is 0. The van der Waals surface area contributed by atoms with E-state index >= 15 is 0 Å². The summed E-state index contributed by atoms with van der Waals surface area (Å²) in [5, 5.41) is 6.73. The Kier molecular flexibility index (Phi) is 7.30. The molecule has 0 amide bonds. The molecule has 1 rings (SSSR count). The Morgan fingerprint density at radius 3 is 2.40 bits per heavy atom. The van der Waals surface area contributed by atoms with Gasteiger partial charge in [-0.2, -0.15) is 0 Å². The molecule has 0 aliphatic carbocycles. The Morgan fingerprint density at radius 2 is 1.90 bits per heavy atom. The molecule has 5 nitrogen and oxygen atoms in total. The maximum Gasteiger partial charge on any atom is 0.191 e. The van der Waals surface area contributed by atoms with Crippen LogP contribution < -0.4 is 10.6 Å². The van der Waals surface area contributed by atoms with Crippen molar-refractivity contribution in [2.24, 2.45) is 10.9 Å². The van der Waals surface area contributed by atoms with E-state index in [9.17, 15) is 0 Å². The second-order valence-electron chi connectivity index (χ2n) is 6.20. The number of aliphatic imine (C=N–C) groups is 1. The number of nitrogens with zero attached hydrogens (tertiary/aromatic N) is 2. The van der Waals surface area contributed by atoms with Crippen molar-refractivity contribution in [3.8, 4) is 0 Å². The summed E-state index contributed by atoms with van der Waals surface area (Å²) in [5.41, 5.74) is 0.137. The number of likely N-dealkylation sites (N-methyl/N-ethyl adjacent to an activating group) is 1. The van der Waals surface area contributed by atoms with Crippen LogP contribution in [0, 0.1) is 5.92 Å². The van der Waals surface area contributed by atoms with Crippen LogP contribution in [0.5, 0.6) is 0 Å². The van der Waals surface area contributed by atoms with Crippen molar-refractivity contribution >= 4 is 5.96 Å². The van der Waals surface area contributed by atoms with Gasteiger partial charge >= 0.3 is 0 Å². The van der Waals surface area contributed by atoms with Crippen molar-refractivity contribution in [1.29, 1.82) is 0 Å². The van der Waals surface area contributed by atoms with Gasteiger partial charge in [-0.3, -0.25) is 4.99 Å². The highest BCUT2D eigenvalue weighted by molar-refractivity contribution is 5.79. The molecule has 1 aliphatic heterocycles. The number of nitrogens with one attached hydrogen (secondary N) is 2. The first-order valence-electron chi connectivity index (χ1n) is 7.77. The van der Waals surface area contributed by atoms with Crippen LogP contribution in [-0.2, 0) is 4.74 Å². The van der Waals surface area contributed by atoms with Gasteiger partial charge in [0.1, 0.15) is 0 Å². The van der Waals surface area contributed by atoms with Crippen molar-refractivity contribution in [2.75, 3.05) is 46.9 Å². The topological polar surface area (TPSA) is 48.9 Å². The summed E-state index contributed by atoms with van der Waals surface area (Å²) in [4.78, 5) is 7.11. The van der Waals surface area contributed by atoms with E-state index in [-0.39, 0.29) is 5.54 Å². The van der Waals surface area contributed by atoms with Gasteiger partial charge in [0.15, 0.2) is 5.96 Å². The second-order valence-corrected chi connectivity index (χ2v) is 6.20. The molecule has 2 N–H and O–H groups in total. The first kappa shape index (κ1) is 17.2. The Balaban J connectivity index is 2.66. The lowest BCUT2D eigenvalue weighted by atomic mass is 9.89. The molecule has 0 aromatic rings. The van der Waals surface area contributed by atoms with Crippen LogP contribution >= 0.6 is 0 Å². The van der Waals surface area contributed by atoms with E-state index < -0.39 is 0 Å². The average molecular weight is 284 g/mol. The molecule has 0 spiro atoms. The summed E-state index contributed by atoms with van der Waals surface area (Å²) in [6.07, 6.45) is 2.10. The van der Waals surface area contributed by atoms with E-state index in [1.807, 2.05) is 0 Å². The van der Waals surface area contributed by atoms with Crippen molar-refractivity contribution in [2.45, 2.75) is 39.2 Å². The first-order chi connectivity index (χ1) is 9.50. The van der Waals surface area contributed by atoms with E-state index in [0.29, 0.717) is 5.92 Å². The molecule has 0 bridgehead atoms. The lowest BCUT2D eigenvalue weighted by molar-refractivity contribution is -0.00254. The summed E-state index contributed by atoms with van der Waals surface area (Å²) in [6.45, 7) is 10.8. The fourth-order valence-corrected chi connectivity index (χ4v) is 2.37. The normalized spacial score (nSPS) is 19.4. The number of guanidine groups is 1. The predicted octanol–water partition coefficient (Wildman–Crippen LogP) is 1.31. The molecule has 20 heavy (non-hydrogen) atoms. The highest BCUT2D eigenvalue weighted by Crippen LogP contribution is 2.26. The zero-order valence-electron chi connectivity index (χ0n) is 13.8. The molecule has 118 valence electrons. The van der Waals surface area contributed by atoms with Crippen LogP contribution in [0.25, 0.3) is 0 Å². The number of hydrogen-bond donors (Lipinski definition) is 2. The smallest absolute Gasteiger partial charge is 0.191 e. The third kappa shape index (κ3) is 5.29. The highest BCUT2D eigenvalue weighted by atomic mass is 16.5. The summed E-state index contributed by atoms with van der Waals surface area (Å²) in [6, 6.07) is 0. The molecular weight excluding hydrogens is 252 g/mol. The number of rotatable bonds is 6. The van der Waals surface area contributed by atoms with E-state index in [2.05, 4.69) is 50.4 Å². The third-order valence-corrected chi connectivity index (χ3v) is 3.93. The Labute approximate surface area is 124 Å². The third-order valence-electron chi connectivity index (χ3n) is 3.93. The molecule has 0 unspecified atom stereocenters. The van der Waals surface area contributed by atoms with Gasteiger partial charge in [-0.15, -0.1) is 0 Å². The Hall–Kier alpha value is -0.810. The molecule has 1 aliphatic rings. The van der Waals surface area contributed by atoms with Gasteiger partial charge in [-0.1, -0.05) is 13.8 Å². The van der Waals surface area contributed by atoms with E-state index in [1.165, 1.54) is 0 Å². The van der Waals surface area contributed by atoms with Crippen LogP contribution in [0.3, 0.4) is 0 Å². The summed E-state index contributed by atoms with van der Waals surface area (Å²) < 4.78 is 5.50. The number of ether oxygens (including phenoxy) is 1. The lowest BCUT2D eigenvalue weighted by Gasteiger charge is -2.41. The van der Waals surface area contributed by atoms with Gasteiger partial charge < -0.3 is 20.3 Å². The van der Waals surface area contributed by atoms with Crippen molar-refractivity contribution < 1.29 is 4.74 Å². The monoisotopic (exact) mass is 284 g/mol. The maximum atomic E-state index is 5.50. The van der Waals surface area contributed by atoms with Gasteiger partial charge in [-0.05, 0) is 39.8 Å². The molecular formula is C15H32N4O. The molecule has 5 heteroatoms. The van der Waals surface area contributed by atoms with Crippen molar-refractivity contribution in [3.63, 3.8) is 0 Å². The minimum atomic E-state index is 0.137. The molecule has 1 saturated heterocycles. The van der Waals surface area contributed by atoms with Crippen molar-refractivity contribution in [3.05, 3.63) is 0 Å². The summed E-state index contributed by atoms with van der Waals surface area (Å²) in [5.74, 6) is 1.54. The van der Waals surface area contributed by atoms with Gasteiger partial charge in [-0.25, -0.2) is 0 Å². The fourth-order valence-electron chi connectivity index (χ4n) is 2.37. The first-order valence-corrected chi connectivity index (χ1v) is 7.77. The van der Waals surface area contributed by atoms with Gasteiger partial charge in [0.25, 0.3) is 0 Å². The lowest BCUT2D eigenvalue weighted by Crippen LogP contribution is -2.51. The van der Waals surface area contributed by atoms with Crippen LogP contribution in [0.2, 0.25) is 0 Å². The molecule has 1 heterocycles. The van der Waals surface area contributed by atoms with E-state index in [4.69, 9.17) is 9.73 Å². The zero-order valence-corrected chi connectivity index (χ0v) is 13.8. The van der Waals surface area contributed by atoms with E-state index in [1.54, 1.807) is 0 Å². The van der Waals surface area contributed by atoms with Crippen molar-refractivity contribution in [1.82, 2.24) is 15.5 Å². The van der Waals surface area contributed by atoms with Gasteiger partial charge in [0.05, 0.1) is 6.54 Å². The van der Waals surface area contributed by atoms with Crippen LogP contribution in [0.15, 0.2) is 4.99 Å². The Morgan fingerprint density at radius 1 is 1.25 bits per heavy atom. The van der Waals surface area contributed by atoms with Crippen LogP contribution in [0.1, 0.15) is 33.6 Å². The fraction of sp³-hybridized carbons (Fsp3) is 0.933. The summed E-state index contributed by atoms with van der Waals surface area (Å²) in [7, 11) is 4.30. The predicted molar refractivity (Wildman–Crippen MR) is 85.3 cm³/mol. The second kappa shape index (κ2) is 8.47. The molecule has 0 aromatic heterocycles. The van der Waals surface area contributed by atoms with E-state index in [0.717, 1.165) is 51.6 Å².